The minimum Gasteiger partial charge on any atom is -0.683 e. The van der Waals surface area contributed by atoms with Crippen LogP contribution >= 0.6 is 0 Å². The number of hydrogen-bond acceptors (Lipinski definition) is 3. The largest absolute Gasteiger partial charge is 0.683 e. The van der Waals surface area contributed by atoms with Gasteiger partial charge in [-0.2, -0.15) is 6.20 Å². The molecule has 2 heterocycles. The number of carbonyl (C=O) groups excluding carboxylic acids is 1. The Morgan fingerprint density at radius 2 is 2.07 bits per heavy atom. The van der Waals surface area contributed by atoms with Crippen LogP contribution in [-0.2, 0) is 0 Å². The van der Waals surface area contributed by atoms with Crippen LogP contribution in [0.5, 0.6) is 0 Å². The van der Waals surface area contributed by atoms with E-state index in [2.05, 4.69) is 20.9 Å². The number of pyridine rings is 1. The second kappa shape index (κ2) is 9.30. The number of benzene rings is 1. The first-order valence-electron chi connectivity index (χ1n) is 9.39. The Kier molecular flexibility index (Phi) is 6.56. The van der Waals surface area contributed by atoms with E-state index in [-0.39, 0.29) is 22.9 Å². The summed E-state index contributed by atoms with van der Waals surface area (Å²) in [5.41, 5.74) is 2.71. The van der Waals surface area contributed by atoms with Crippen LogP contribution in [0.2, 0.25) is 0 Å². The highest BCUT2D eigenvalue weighted by atomic mass is 19.3. The molecule has 1 unspecified atom stereocenters. The molecule has 2 aromatic rings. The van der Waals surface area contributed by atoms with Crippen LogP contribution in [0, 0.1) is 6.92 Å². The molecule has 0 saturated heterocycles. The number of amides is 1. The molecule has 1 atom stereocenters. The van der Waals surface area contributed by atoms with Gasteiger partial charge < -0.3 is 16.0 Å². The first-order valence-corrected chi connectivity index (χ1v) is 9.39. The normalized spacial score (nSPS) is 14.1. The molecule has 1 aromatic carbocycles. The Bertz CT molecular complexity index is 1030. The van der Waals surface area contributed by atoms with Crippen molar-refractivity contribution in [2.75, 3.05) is 12.4 Å². The molecule has 0 bridgehead atoms. The SMILES string of the molecule is Cc1cc(C(=O)Nc2cccc(C(C)[N-]C=CNC3=C[N+](C)=C3)c2)cnc1C(F)F. The van der Waals surface area contributed by atoms with Gasteiger partial charge in [-0.1, -0.05) is 30.7 Å². The molecule has 2 N–H and O–H groups in total. The van der Waals surface area contributed by atoms with E-state index in [1.165, 1.54) is 13.0 Å². The van der Waals surface area contributed by atoms with E-state index in [0.29, 0.717) is 5.69 Å². The van der Waals surface area contributed by atoms with E-state index >= 15 is 0 Å². The van der Waals surface area contributed by atoms with Crippen LogP contribution in [0.3, 0.4) is 0 Å². The number of allylic oxidation sites excluding steroid dienone is 1. The number of nitrogens with one attached hydrogen (secondary N) is 2. The van der Waals surface area contributed by atoms with Crippen molar-refractivity contribution in [1.29, 1.82) is 0 Å². The van der Waals surface area contributed by atoms with Gasteiger partial charge in [-0.15, -0.1) is 0 Å². The zero-order valence-corrected chi connectivity index (χ0v) is 16.9. The van der Waals surface area contributed by atoms with Crippen molar-refractivity contribution in [3.8, 4) is 0 Å². The minimum absolute atomic E-state index is 0.115. The van der Waals surface area contributed by atoms with Crippen LogP contribution in [-0.4, -0.2) is 28.7 Å². The highest BCUT2D eigenvalue weighted by Crippen LogP contribution is 2.25. The number of anilines is 1. The predicted molar refractivity (Wildman–Crippen MR) is 113 cm³/mol. The van der Waals surface area contributed by atoms with Gasteiger partial charge in [0.25, 0.3) is 12.3 Å². The molecule has 6 nitrogen and oxygen atoms in total. The molecule has 1 aliphatic rings. The summed E-state index contributed by atoms with van der Waals surface area (Å²) in [6.07, 6.45) is 5.86. The summed E-state index contributed by atoms with van der Waals surface area (Å²) in [7, 11) is 1.95. The zero-order valence-electron chi connectivity index (χ0n) is 16.9. The van der Waals surface area contributed by atoms with Crippen molar-refractivity contribution in [3.63, 3.8) is 0 Å². The number of hydrogen-bond donors (Lipinski definition) is 2. The lowest BCUT2D eigenvalue weighted by molar-refractivity contribution is -0.429. The third-order valence-electron chi connectivity index (χ3n) is 4.53. The Balaban J connectivity index is 1.59. The lowest BCUT2D eigenvalue weighted by Crippen LogP contribution is -2.21. The summed E-state index contributed by atoms with van der Waals surface area (Å²) in [4.78, 5) is 16.2. The first-order chi connectivity index (χ1) is 14.3. The summed E-state index contributed by atoms with van der Waals surface area (Å²) in [6.45, 7) is 3.46. The molecule has 0 spiro atoms. The second-order valence-electron chi connectivity index (χ2n) is 6.97. The van der Waals surface area contributed by atoms with E-state index in [4.69, 9.17) is 0 Å². The lowest BCUT2D eigenvalue weighted by Gasteiger charge is -2.26. The van der Waals surface area contributed by atoms with Gasteiger partial charge in [-0.25, -0.2) is 13.4 Å². The van der Waals surface area contributed by atoms with Crippen molar-refractivity contribution in [2.45, 2.75) is 26.3 Å². The molecule has 0 radical (unpaired) electrons. The monoisotopic (exact) mass is 411 g/mol. The lowest BCUT2D eigenvalue weighted by atomic mass is 10.1. The smallest absolute Gasteiger partial charge is 0.280 e. The molecule has 3 rings (SSSR count). The first kappa shape index (κ1) is 21.2. The fourth-order valence-corrected chi connectivity index (χ4v) is 2.91. The number of aromatic nitrogens is 1. The van der Waals surface area contributed by atoms with Crippen molar-refractivity contribution in [1.82, 2.24) is 10.3 Å². The highest BCUT2D eigenvalue weighted by molar-refractivity contribution is 6.04. The van der Waals surface area contributed by atoms with Crippen LogP contribution in [0.15, 0.2) is 60.8 Å². The summed E-state index contributed by atoms with van der Waals surface area (Å²) in [5.74, 6) is -0.410. The maximum Gasteiger partial charge on any atom is 0.280 e. The van der Waals surface area contributed by atoms with E-state index < -0.39 is 12.3 Å². The van der Waals surface area contributed by atoms with Crippen LogP contribution in [0.1, 0.15) is 46.6 Å². The fraction of sp³-hybridized carbons (Fsp3) is 0.227. The standard InChI is InChI=1S/C22H23F2N5O/c1-14-9-17(11-27-20(14)21(23)24)22(30)28-18-6-4-5-16(10-18)15(2)25-7-8-26-19-12-29(3)13-19/h4-13,15,21,26H,1-3H3,(H,28,30). The quantitative estimate of drug-likeness (QED) is 0.622. The Morgan fingerprint density at radius 3 is 2.73 bits per heavy atom. The Morgan fingerprint density at radius 1 is 1.30 bits per heavy atom. The molecule has 0 aliphatic carbocycles. The van der Waals surface area contributed by atoms with E-state index in [1.54, 1.807) is 18.5 Å². The number of aryl methyl sites for hydroxylation is 1. The van der Waals surface area contributed by atoms with Crippen molar-refractivity contribution < 1.29 is 18.2 Å². The molecule has 0 fully saturated rings. The number of alkyl halides is 2. The average molecular weight is 411 g/mol. The maximum absolute atomic E-state index is 12.8. The summed E-state index contributed by atoms with van der Waals surface area (Å²) < 4.78 is 27.6. The fourth-order valence-electron chi connectivity index (χ4n) is 2.91. The summed E-state index contributed by atoms with van der Waals surface area (Å²) in [6, 6.07) is 8.64. The van der Waals surface area contributed by atoms with Crippen LogP contribution in [0.25, 0.3) is 5.32 Å². The number of rotatable bonds is 8. The molecule has 1 aliphatic heterocycles. The Hall–Kier alpha value is -3.55. The van der Waals surface area contributed by atoms with E-state index in [1.807, 2.05) is 49.2 Å². The molecular weight excluding hydrogens is 388 g/mol. The average Bonchev–Trinajstić information content (AvgIpc) is 2.69. The predicted octanol–water partition coefficient (Wildman–Crippen LogP) is 4.64. The third kappa shape index (κ3) is 5.28. The number of nitrogens with zero attached hydrogens (tertiary/aromatic N) is 3. The molecule has 8 heteroatoms. The van der Waals surface area contributed by atoms with Gasteiger partial charge in [0, 0.05) is 11.9 Å². The van der Waals surface area contributed by atoms with Gasteiger partial charge in [0.2, 0.25) is 0 Å². The van der Waals surface area contributed by atoms with Crippen molar-refractivity contribution in [3.05, 3.63) is 88.5 Å². The van der Waals surface area contributed by atoms with Gasteiger partial charge in [0.05, 0.1) is 5.56 Å². The van der Waals surface area contributed by atoms with Crippen molar-refractivity contribution >= 4 is 17.8 Å². The molecule has 30 heavy (non-hydrogen) atoms. The van der Waals surface area contributed by atoms with Crippen molar-refractivity contribution in [2.24, 2.45) is 0 Å². The number of carbonyl (C=O) groups is 1. The minimum atomic E-state index is -2.67. The highest BCUT2D eigenvalue weighted by Gasteiger charge is 2.15. The molecule has 156 valence electrons. The third-order valence-corrected chi connectivity index (χ3v) is 4.53. The zero-order chi connectivity index (χ0) is 21.7. The van der Waals surface area contributed by atoms with Crippen LogP contribution < -0.4 is 10.6 Å². The van der Waals surface area contributed by atoms with E-state index in [9.17, 15) is 13.6 Å². The molecular formula is C22H23F2N5O. The molecule has 1 amide bonds. The summed E-state index contributed by atoms with van der Waals surface area (Å²) in [5, 5.41) is 10.4. The topological polar surface area (TPSA) is 71.1 Å². The summed E-state index contributed by atoms with van der Waals surface area (Å²) >= 11 is 0. The van der Waals surface area contributed by atoms with Gasteiger partial charge in [0.1, 0.15) is 12.7 Å². The molecule has 1 aromatic heterocycles. The maximum atomic E-state index is 12.8. The van der Waals surface area contributed by atoms with Gasteiger partial charge in [-0.3, -0.25) is 9.78 Å². The van der Waals surface area contributed by atoms with Gasteiger partial charge in [0.15, 0.2) is 18.1 Å². The second-order valence-corrected chi connectivity index (χ2v) is 6.97. The van der Waals surface area contributed by atoms with Gasteiger partial charge >= 0.3 is 0 Å². The Labute approximate surface area is 174 Å². The number of halogens is 2. The van der Waals surface area contributed by atoms with Gasteiger partial charge in [-0.05, 0) is 36.9 Å². The van der Waals surface area contributed by atoms with E-state index in [0.717, 1.165) is 17.5 Å². The molecule has 0 saturated carbocycles. The van der Waals surface area contributed by atoms with Crippen LogP contribution in [0.4, 0.5) is 14.5 Å².